The molecule has 1 aromatic heterocycles. The molecule has 0 aliphatic rings. The van der Waals surface area contributed by atoms with Crippen LogP contribution in [-0.4, -0.2) is 10.9 Å². The molecule has 2 rings (SSSR count). The molecule has 0 aliphatic heterocycles. The fourth-order valence-corrected chi connectivity index (χ4v) is 1.75. The van der Waals surface area contributed by atoms with E-state index >= 15 is 0 Å². The SMILES string of the molecule is Cc1ccnc(Cl)c1NC(=O)c1ccccc1F. The Bertz CT molecular complexity index is 581. The number of nitrogens with one attached hydrogen (secondary N) is 1. The number of aryl methyl sites for hydroxylation is 1. The third kappa shape index (κ3) is 2.49. The summed E-state index contributed by atoms with van der Waals surface area (Å²) in [6.07, 6.45) is 1.54. The minimum absolute atomic E-state index is 0.0307. The summed E-state index contributed by atoms with van der Waals surface area (Å²) in [5, 5.41) is 2.74. The van der Waals surface area contributed by atoms with E-state index in [0.717, 1.165) is 5.56 Å². The summed E-state index contributed by atoms with van der Waals surface area (Å²) >= 11 is 5.88. The minimum Gasteiger partial charge on any atom is -0.319 e. The van der Waals surface area contributed by atoms with Crippen molar-refractivity contribution in [2.24, 2.45) is 0 Å². The van der Waals surface area contributed by atoms with Crippen LogP contribution in [0.4, 0.5) is 10.1 Å². The lowest BCUT2D eigenvalue weighted by atomic mass is 10.2. The highest BCUT2D eigenvalue weighted by Crippen LogP contribution is 2.23. The summed E-state index contributed by atoms with van der Waals surface area (Å²) in [6, 6.07) is 7.46. The number of anilines is 1. The first kappa shape index (κ1) is 12.5. The van der Waals surface area contributed by atoms with Gasteiger partial charge in [0.15, 0.2) is 5.15 Å². The average Bonchev–Trinajstić information content (AvgIpc) is 2.34. The van der Waals surface area contributed by atoms with Gasteiger partial charge in [0.2, 0.25) is 0 Å². The standard InChI is InChI=1S/C13H10ClFN2O/c1-8-6-7-16-12(14)11(8)17-13(18)9-4-2-3-5-10(9)15/h2-7H,1H3,(H,17,18). The van der Waals surface area contributed by atoms with E-state index < -0.39 is 11.7 Å². The van der Waals surface area contributed by atoms with Gasteiger partial charge in [-0.2, -0.15) is 0 Å². The second-order valence-corrected chi connectivity index (χ2v) is 4.09. The van der Waals surface area contributed by atoms with Gasteiger partial charge in [0.25, 0.3) is 5.91 Å². The van der Waals surface area contributed by atoms with Crippen LogP contribution in [0, 0.1) is 12.7 Å². The summed E-state index contributed by atoms with van der Waals surface area (Å²) in [5.74, 6) is -1.13. The fourth-order valence-electron chi connectivity index (χ4n) is 1.50. The normalized spacial score (nSPS) is 10.2. The first-order valence-electron chi connectivity index (χ1n) is 5.26. The van der Waals surface area contributed by atoms with E-state index in [1.165, 1.54) is 24.4 Å². The lowest BCUT2D eigenvalue weighted by Gasteiger charge is -2.09. The molecular formula is C13H10ClFN2O. The van der Waals surface area contributed by atoms with Gasteiger partial charge in [-0.3, -0.25) is 4.79 Å². The van der Waals surface area contributed by atoms with Crippen molar-refractivity contribution in [2.45, 2.75) is 6.92 Å². The molecule has 0 unspecified atom stereocenters. The topological polar surface area (TPSA) is 42.0 Å². The summed E-state index contributed by atoms with van der Waals surface area (Å²) in [4.78, 5) is 15.8. The van der Waals surface area contributed by atoms with Gasteiger partial charge in [-0.15, -0.1) is 0 Å². The van der Waals surface area contributed by atoms with E-state index in [-0.39, 0.29) is 10.7 Å². The number of carbonyl (C=O) groups is 1. The number of benzene rings is 1. The molecule has 0 bridgehead atoms. The molecule has 0 aliphatic carbocycles. The largest absolute Gasteiger partial charge is 0.319 e. The molecule has 1 amide bonds. The van der Waals surface area contributed by atoms with E-state index in [2.05, 4.69) is 10.3 Å². The number of pyridine rings is 1. The van der Waals surface area contributed by atoms with E-state index in [1.807, 2.05) is 0 Å². The molecule has 0 fully saturated rings. The number of rotatable bonds is 2. The quantitative estimate of drug-likeness (QED) is 0.845. The van der Waals surface area contributed by atoms with Gasteiger partial charge < -0.3 is 5.32 Å². The van der Waals surface area contributed by atoms with Crippen LogP contribution in [0.15, 0.2) is 36.5 Å². The van der Waals surface area contributed by atoms with Crippen LogP contribution in [0.1, 0.15) is 15.9 Å². The minimum atomic E-state index is -0.576. The second kappa shape index (κ2) is 5.14. The lowest BCUT2D eigenvalue weighted by Crippen LogP contribution is -2.15. The molecule has 0 atom stereocenters. The predicted octanol–water partition coefficient (Wildman–Crippen LogP) is 3.43. The molecule has 1 N–H and O–H groups in total. The summed E-state index contributed by atoms with van der Waals surface area (Å²) in [7, 11) is 0. The zero-order chi connectivity index (χ0) is 13.1. The lowest BCUT2D eigenvalue weighted by molar-refractivity contribution is 0.102. The van der Waals surface area contributed by atoms with Gasteiger partial charge in [0.05, 0.1) is 11.3 Å². The summed E-state index contributed by atoms with van der Waals surface area (Å²) in [5.41, 5.74) is 1.13. The van der Waals surface area contributed by atoms with Gasteiger partial charge in [-0.05, 0) is 30.7 Å². The second-order valence-electron chi connectivity index (χ2n) is 3.73. The van der Waals surface area contributed by atoms with Crippen molar-refractivity contribution in [3.8, 4) is 0 Å². The van der Waals surface area contributed by atoms with Gasteiger partial charge >= 0.3 is 0 Å². The summed E-state index contributed by atoms with van der Waals surface area (Å²) in [6.45, 7) is 1.78. The van der Waals surface area contributed by atoms with Crippen LogP contribution in [-0.2, 0) is 0 Å². The Kier molecular flexibility index (Phi) is 3.58. The smallest absolute Gasteiger partial charge is 0.258 e. The molecule has 18 heavy (non-hydrogen) atoms. The van der Waals surface area contributed by atoms with Gasteiger partial charge in [0, 0.05) is 6.20 Å². The Balaban J connectivity index is 2.30. The highest BCUT2D eigenvalue weighted by Gasteiger charge is 2.14. The third-order valence-corrected chi connectivity index (χ3v) is 2.76. The average molecular weight is 265 g/mol. The van der Waals surface area contributed by atoms with Crippen molar-refractivity contribution >= 4 is 23.2 Å². The molecule has 0 saturated heterocycles. The number of nitrogens with zero attached hydrogens (tertiary/aromatic N) is 1. The molecule has 92 valence electrons. The number of hydrogen-bond donors (Lipinski definition) is 1. The molecular weight excluding hydrogens is 255 g/mol. The monoisotopic (exact) mass is 264 g/mol. The van der Waals surface area contributed by atoms with E-state index in [1.54, 1.807) is 19.1 Å². The molecule has 3 nitrogen and oxygen atoms in total. The van der Waals surface area contributed by atoms with Crippen LogP contribution in [0.5, 0.6) is 0 Å². The molecule has 1 heterocycles. The molecule has 2 aromatic rings. The van der Waals surface area contributed by atoms with Crippen molar-refractivity contribution in [3.63, 3.8) is 0 Å². The highest BCUT2D eigenvalue weighted by molar-refractivity contribution is 6.32. The third-order valence-electron chi connectivity index (χ3n) is 2.47. The zero-order valence-electron chi connectivity index (χ0n) is 9.58. The Morgan fingerprint density at radius 2 is 2.06 bits per heavy atom. The molecule has 0 radical (unpaired) electrons. The van der Waals surface area contributed by atoms with Crippen molar-refractivity contribution in [1.29, 1.82) is 0 Å². The maximum atomic E-state index is 13.4. The highest BCUT2D eigenvalue weighted by atomic mass is 35.5. The number of hydrogen-bond acceptors (Lipinski definition) is 2. The van der Waals surface area contributed by atoms with Crippen LogP contribution in [0.2, 0.25) is 5.15 Å². The van der Waals surface area contributed by atoms with Crippen molar-refractivity contribution in [1.82, 2.24) is 4.98 Å². The first-order valence-corrected chi connectivity index (χ1v) is 5.64. The Morgan fingerprint density at radius 1 is 1.33 bits per heavy atom. The molecule has 0 spiro atoms. The summed E-state index contributed by atoms with van der Waals surface area (Å²) < 4.78 is 13.4. The van der Waals surface area contributed by atoms with Crippen molar-refractivity contribution in [2.75, 3.05) is 5.32 Å². The van der Waals surface area contributed by atoms with E-state index in [9.17, 15) is 9.18 Å². The molecule has 5 heteroatoms. The van der Waals surface area contributed by atoms with Crippen LogP contribution in [0.3, 0.4) is 0 Å². The van der Waals surface area contributed by atoms with Crippen LogP contribution >= 0.6 is 11.6 Å². The molecule has 1 aromatic carbocycles. The van der Waals surface area contributed by atoms with Crippen molar-refractivity contribution in [3.05, 3.63) is 58.6 Å². The maximum absolute atomic E-state index is 13.4. The van der Waals surface area contributed by atoms with Gasteiger partial charge in [0.1, 0.15) is 5.82 Å². The van der Waals surface area contributed by atoms with Crippen molar-refractivity contribution < 1.29 is 9.18 Å². The van der Waals surface area contributed by atoms with E-state index in [0.29, 0.717) is 5.69 Å². The van der Waals surface area contributed by atoms with Crippen LogP contribution < -0.4 is 5.32 Å². The number of carbonyl (C=O) groups excluding carboxylic acids is 1. The number of halogens is 2. The molecule has 0 saturated carbocycles. The Morgan fingerprint density at radius 3 is 2.72 bits per heavy atom. The number of aromatic nitrogens is 1. The van der Waals surface area contributed by atoms with Crippen LogP contribution in [0.25, 0.3) is 0 Å². The maximum Gasteiger partial charge on any atom is 0.258 e. The first-order chi connectivity index (χ1) is 8.59. The fraction of sp³-hybridized carbons (Fsp3) is 0.0769. The number of amides is 1. The predicted molar refractivity (Wildman–Crippen MR) is 68.3 cm³/mol. The van der Waals surface area contributed by atoms with Gasteiger partial charge in [-0.25, -0.2) is 9.37 Å². The Labute approximate surface area is 109 Å². The van der Waals surface area contributed by atoms with Gasteiger partial charge in [-0.1, -0.05) is 23.7 Å². The Hall–Kier alpha value is -1.94. The zero-order valence-corrected chi connectivity index (χ0v) is 10.3. The van der Waals surface area contributed by atoms with E-state index in [4.69, 9.17) is 11.6 Å².